The van der Waals surface area contributed by atoms with Crippen LogP contribution in [0.2, 0.25) is 0 Å². The number of rotatable bonds is 7. The summed E-state index contributed by atoms with van der Waals surface area (Å²) in [5.41, 5.74) is 1.63. The first-order valence-corrected chi connectivity index (χ1v) is 11.4. The van der Waals surface area contributed by atoms with Gasteiger partial charge in [0.25, 0.3) is 6.43 Å². The van der Waals surface area contributed by atoms with Crippen LogP contribution < -0.4 is 5.32 Å². The third-order valence-corrected chi connectivity index (χ3v) is 5.90. The number of anilines is 1. The van der Waals surface area contributed by atoms with Crippen molar-refractivity contribution in [2.75, 3.05) is 5.32 Å². The Balaban J connectivity index is 1.37. The van der Waals surface area contributed by atoms with Crippen LogP contribution in [0.25, 0.3) is 22.5 Å². The summed E-state index contributed by atoms with van der Waals surface area (Å²) >= 11 is 3.41. The Morgan fingerprint density at radius 1 is 1.17 bits per heavy atom. The maximum atomic E-state index is 13.8. The maximum absolute atomic E-state index is 13.8. The van der Waals surface area contributed by atoms with Crippen LogP contribution in [0.4, 0.5) is 14.6 Å². The number of carbonyl (C=O) groups is 1. The highest BCUT2D eigenvalue weighted by molar-refractivity contribution is 9.10. The highest BCUT2D eigenvalue weighted by Gasteiger charge is 2.22. The molecule has 8 nitrogen and oxygen atoms in total. The van der Waals surface area contributed by atoms with Crippen molar-refractivity contribution in [3.8, 4) is 11.5 Å². The van der Waals surface area contributed by atoms with Crippen molar-refractivity contribution in [3.63, 3.8) is 0 Å². The maximum Gasteiger partial charge on any atom is 0.264 e. The fraction of sp³-hybridized carbons (Fsp3) is 0.167. The number of hydrogen-bond donors (Lipinski definition) is 1. The average molecular weight is 541 g/mol. The van der Waals surface area contributed by atoms with Crippen molar-refractivity contribution in [1.29, 1.82) is 0 Å². The van der Waals surface area contributed by atoms with E-state index in [0.29, 0.717) is 23.8 Å². The monoisotopic (exact) mass is 540 g/mol. The number of pyridine rings is 1. The Kier molecular flexibility index (Phi) is 6.16. The predicted octanol–water partition coefficient (Wildman–Crippen LogP) is 5.58. The standard InChI is InChI=1S/C24H19BrF2N6O2/c1-14-22-17(23(26)27)11-18(19-3-2-10-35-19)28-24(22)33(30-14)13-21(34)29-20-8-9-32(31-20)12-15-4-6-16(25)7-5-15/h2-11,23H,12-13H2,1H3,(H,29,31,34). The molecule has 0 atom stereocenters. The minimum atomic E-state index is -2.74. The lowest BCUT2D eigenvalue weighted by Crippen LogP contribution is -2.20. The van der Waals surface area contributed by atoms with E-state index in [1.807, 2.05) is 24.3 Å². The lowest BCUT2D eigenvalue weighted by molar-refractivity contribution is -0.116. The third kappa shape index (κ3) is 4.85. The molecule has 0 saturated carbocycles. The summed E-state index contributed by atoms with van der Waals surface area (Å²) in [5.74, 6) is 0.310. The summed E-state index contributed by atoms with van der Waals surface area (Å²) in [4.78, 5) is 17.2. The number of aromatic nitrogens is 5. The number of furan rings is 1. The first kappa shape index (κ1) is 22.9. The topological polar surface area (TPSA) is 90.8 Å². The van der Waals surface area contributed by atoms with Crippen molar-refractivity contribution in [2.24, 2.45) is 0 Å². The van der Waals surface area contributed by atoms with Gasteiger partial charge >= 0.3 is 0 Å². The van der Waals surface area contributed by atoms with E-state index in [1.54, 1.807) is 36.0 Å². The molecule has 35 heavy (non-hydrogen) atoms. The van der Waals surface area contributed by atoms with E-state index in [9.17, 15) is 13.6 Å². The first-order valence-electron chi connectivity index (χ1n) is 10.6. The lowest BCUT2D eigenvalue weighted by atomic mass is 10.1. The van der Waals surface area contributed by atoms with Crippen LogP contribution >= 0.6 is 15.9 Å². The van der Waals surface area contributed by atoms with E-state index in [2.05, 4.69) is 36.4 Å². The Morgan fingerprint density at radius 2 is 1.97 bits per heavy atom. The molecule has 5 aromatic rings. The summed E-state index contributed by atoms with van der Waals surface area (Å²) < 4.78 is 37.0. The highest BCUT2D eigenvalue weighted by atomic mass is 79.9. The zero-order valence-corrected chi connectivity index (χ0v) is 20.0. The van der Waals surface area contributed by atoms with Gasteiger partial charge < -0.3 is 9.73 Å². The van der Waals surface area contributed by atoms with Crippen LogP contribution in [0, 0.1) is 6.92 Å². The summed E-state index contributed by atoms with van der Waals surface area (Å²) in [6.07, 6.45) is 0.459. The number of nitrogens with one attached hydrogen (secondary N) is 1. The van der Waals surface area contributed by atoms with Crippen LogP contribution in [-0.4, -0.2) is 30.5 Å². The quantitative estimate of drug-likeness (QED) is 0.291. The minimum absolute atomic E-state index is 0.183. The van der Waals surface area contributed by atoms with E-state index in [4.69, 9.17) is 4.42 Å². The van der Waals surface area contributed by atoms with E-state index in [-0.39, 0.29) is 28.8 Å². The Morgan fingerprint density at radius 3 is 2.69 bits per heavy atom. The van der Waals surface area contributed by atoms with E-state index < -0.39 is 12.3 Å². The van der Waals surface area contributed by atoms with Gasteiger partial charge in [-0.2, -0.15) is 10.2 Å². The van der Waals surface area contributed by atoms with Gasteiger partial charge in [0.05, 0.1) is 23.9 Å². The molecule has 0 aliphatic rings. The fourth-order valence-electron chi connectivity index (χ4n) is 3.83. The molecule has 0 aliphatic carbocycles. The molecule has 4 aromatic heterocycles. The van der Waals surface area contributed by atoms with Gasteiger partial charge in [-0.3, -0.25) is 9.48 Å². The molecular formula is C24H19BrF2N6O2. The summed E-state index contributed by atoms with van der Waals surface area (Å²) in [7, 11) is 0. The molecule has 0 radical (unpaired) electrons. The summed E-state index contributed by atoms with van der Waals surface area (Å²) in [5, 5.41) is 11.6. The van der Waals surface area contributed by atoms with E-state index in [1.165, 1.54) is 17.0 Å². The number of fused-ring (bicyclic) bond motifs is 1. The number of carbonyl (C=O) groups excluding carboxylic acids is 1. The highest BCUT2D eigenvalue weighted by Crippen LogP contribution is 2.33. The fourth-order valence-corrected chi connectivity index (χ4v) is 4.10. The normalized spacial score (nSPS) is 11.5. The third-order valence-electron chi connectivity index (χ3n) is 5.38. The Labute approximate surface area is 206 Å². The number of hydrogen-bond acceptors (Lipinski definition) is 5. The van der Waals surface area contributed by atoms with Gasteiger partial charge in [-0.05, 0) is 42.8 Å². The van der Waals surface area contributed by atoms with Gasteiger partial charge in [0.1, 0.15) is 12.2 Å². The molecule has 178 valence electrons. The van der Waals surface area contributed by atoms with Crippen molar-refractivity contribution >= 4 is 38.7 Å². The van der Waals surface area contributed by atoms with Crippen molar-refractivity contribution in [2.45, 2.75) is 26.4 Å². The van der Waals surface area contributed by atoms with Gasteiger partial charge in [0.2, 0.25) is 5.91 Å². The second-order valence-electron chi connectivity index (χ2n) is 7.89. The average Bonchev–Trinajstić information content (AvgIpc) is 3.57. The number of benzene rings is 1. The molecule has 0 unspecified atom stereocenters. The molecule has 11 heteroatoms. The molecule has 5 rings (SSSR count). The van der Waals surface area contributed by atoms with Crippen LogP contribution in [-0.2, 0) is 17.9 Å². The van der Waals surface area contributed by atoms with Crippen LogP contribution in [0.5, 0.6) is 0 Å². The number of alkyl halides is 2. The van der Waals surface area contributed by atoms with Crippen LogP contribution in [0.3, 0.4) is 0 Å². The Bertz CT molecular complexity index is 1490. The molecular weight excluding hydrogens is 522 g/mol. The molecule has 1 N–H and O–H groups in total. The number of halogens is 3. The van der Waals surface area contributed by atoms with Crippen LogP contribution in [0.15, 0.2) is 69.9 Å². The molecule has 4 heterocycles. The molecule has 0 fully saturated rings. The second-order valence-corrected chi connectivity index (χ2v) is 8.81. The number of amides is 1. The lowest BCUT2D eigenvalue weighted by Gasteiger charge is -2.07. The zero-order chi connectivity index (χ0) is 24.5. The predicted molar refractivity (Wildman–Crippen MR) is 129 cm³/mol. The van der Waals surface area contributed by atoms with Gasteiger partial charge in [0.15, 0.2) is 17.2 Å². The Hall–Kier alpha value is -3.86. The second kappa shape index (κ2) is 9.41. The first-order chi connectivity index (χ1) is 16.9. The van der Waals surface area contributed by atoms with Gasteiger partial charge in [-0.1, -0.05) is 28.1 Å². The van der Waals surface area contributed by atoms with Crippen molar-refractivity contribution in [3.05, 3.63) is 82.3 Å². The summed E-state index contributed by atoms with van der Waals surface area (Å²) in [6.45, 7) is 1.93. The number of aryl methyl sites for hydroxylation is 1. The molecule has 1 aromatic carbocycles. The van der Waals surface area contributed by atoms with Crippen molar-refractivity contribution < 1.29 is 18.0 Å². The van der Waals surface area contributed by atoms with Crippen LogP contribution in [0.1, 0.15) is 23.2 Å². The SMILES string of the molecule is Cc1nn(CC(=O)Nc2ccn(Cc3ccc(Br)cc3)n2)c2nc(-c3ccco3)cc(C(F)F)c12. The minimum Gasteiger partial charge on any atom is -0.463 e. The van der Waals surface area contributed by atoms with E-state index in [0.717, 1.165) is 10.0 Å². The smallest absolute Gasteiger partial charge is 0.264 e. The number of nitrogens with zero attached hydrogens (tertiary/aromatic N) is 5. The molecule has 1 amide bonds. The van der Waals surface area contributed by atoms with Gasteiger partial charge in [0, 0.05) is 22.3 Å². The van der Waals surface area contributed by atoms with Gasteiger partial charge in [-0.25, -0.2) is 18.4 Å². The molecule has 0 bridgehead atoms. The molecule has 0 saturated heterocycles. The van der Waals surface area contributed by atoms with Gasteiger partial charge in [-0.15, -0.1) is 0 Å². The van der Waals surface area contributed by atoms with E-state index >= 15 is 0 Å². The molecule has 0 spiro atoms. The summed E-state index contributed by atoms with van der Waals surface area (Å²) in [6, 6.07) is 14.1. The largest absolute Gasteiger partial charge is 0.463 e. The molecule has 0 aliphatic heterocycles. The zero-order valence-electron chi connectivity index (χ0n) is 18.5. The van der Waals surface area contributed by atoms with Crippen molar-refractivity contribution in [1.82, 2.24) is 24.5 Å².